The molecule has 1 N–H and O–H groups in total. The average Bonchev–Trinajstić information content (AvgIpc) is 3.38. The number of benzene rings is 2. The zero-order valence-corrected chi connectivity index (χ0v) is 16.6. The van der Waals surface area contributed by atoms with E-state index in [4.69, 9.17) is 19.2 Å². The molecule has 6 nitrogen and oxygen atoms in total. The Morgan fingerprint density at radius 2 is 2.11 bits per heavy atom. The van der Waals surface area contributed by atoms with E-state index in [1.807, 2.05) is 18.2 Å². The largest absolute Gasteiger partial charge is 0.492 e. The van der Waals surface area contributed by atoms with Crippen LogP contribution in [0.25, 0.3) is 11.3 Å². The lowest BCUT2D eigenvalue weighted by atomic mass is 9.95. The van der Waals surface area contributed by atoms with Gasteiger partial charge in [-0.1, -0.05) is 30.3 Å². The molecule has 1 unspecified atom stereocenters. The van der Waals surface area contributed by atoms with Gasteiger partial charge < -0.3 is 19.5 Å². The van der Waals surface area contributed by atoms with E-state index in [0.717, 1.165) is 46.4 Å². The van der Waals surface area contributed by atoms with Crippen molar-refractivity contribution in [3.8, 4) is 28.5 Å². The van der Waals surface area contributed by atoms with Gasteiger partial charge in [0.2, 0.25) is 12.5 Å². The van der Waals surface area contributed by atoms with Crippen molar-refractivity contribution in [2.24, 2.45) is 0 Å². The molecule has 2 aliphatic rings. The Kier molecular flexibility index (Phi) is 4.33. The molecule has 0 saturated carbocycles. The van der Waals surface area contributed by atoms with Crippen LogP contribution in [0, 0.1) is 0 Å². The minimum atomic E-state index is -0.0528. The molecule has 0 aliphatic carbocycles. The Hall–Kier alpha value is -2.77. The summed E-state index contributed by atoms with van der Waals surface area (Å²) >= 11 is 1.61. The number of likely N-dealkylation sites (N-methyl/N-ethyl adjacent to an activating group) is 1. The zero-order chi connectivity index (χ0) is 19.1. The number of methoxy groups -OCH3 is 1. The number of ether oxygens (including phenoxy) is 3. The van der Waals surface area contributed by atoms with Crippen LogP contribution in [0.4, 0.5) is 5.13 Å². The van der Waals surface area contributed by atoms with E-state index in [1.165, 1.54) is 5.56 Å². The number of hydrogen-bond acceptors (Lipinski definition) is 7. The van der Waals surface area contributed by atoms with Gasteiger partial charge in [0.1, 0.15) is 6.17 Å². The third-order valence-corrected chi connectivity index (χ3v) is 6.00. The van der Waals surface area contributed by atoms with E-state index in [-0.39, 0.29) is 13.0 Å². The minimum absolute atomic E-state index is 0.0528. The van der Waals surface area contributed by atoms with Crippen LogP contribution in [0.2, 0.25) is 0 Å². The zero-order valence-electron chi connectivity index (χ0n) is 15.8. The lowest BCUT2D eigenvalue weighted by Gasteiger charge is -2.36. The molecule has 3 aromatic rings. The van der Waals surface area contributed by atoms with Crippen molar-refractivity contribution in [2.75, 3.05) is 32.8 Å². The molecule has 1 aromatic heterocycles. The molecule has 144 valence electrons. The topological polar surface area (TPSA) is 55.9 Å². The van der Waals surface area contributed by atoms with E-state index in [0.29, 0.717) is 5.75 Å². The van der Waals surface area contributed by atoms with E-state index in [2.05, 4.69) is 40.8 Å². The Balaban J connectivity index is 1.51. The SMILES string of the molecule is COc1c2c(cc3c1C(Nc1nc(-c4ccccc4)cs1)N(C)CC3)OCO2. The fourth-order valence-electron chi connectivity index (χ4n) is 3.81. The third-order valence-electron chi connectivity index (χ3n) is 5.23. The van der Waals surface area contributed by atoms with Crippen LogP contribution in [-0.2, 0) is 6.42 Å². The molecule has 0 fully saturated rings. The summed E-state index contributed by atoms with van der Waals surface area (Å²) in [4.78, 5) is 7.07. The average molecular weight is 395 g/mol. The van der Waals surface area contributed by atoms with Gasteiger partial charge in [-0.2, -0.15) is 0 Å². The number of hydrogen-bond donors (Lipinski definition) is 1. The first-order valence-corrected chi connectivity index (χ1v) is 10.1. The Labute approximate surface area is 167 Å². The number of nitrogens with zero attached hydrogens (tertiary/aromatic N) is 2. The predicted molar refractivity (Wildman–Crippen MR) is 109 cm³/mol. The number of anilines is 1. The smallest absolute Gasteiger partial charge is 0.231 e. The molecule has 28 heavy (non-hydrogen) atoms. The highest BCUT2D eigenvalue weighted by Crippen LogP contribution is 2.49. The first kappa shape index (κ1) is 17.3. The summed E-state index contributed by atoms with van der Waals surface area (Å²) in [6.07, 6.45) is 0.882. The summed E-state index contributed by atoms with van der Waals surface area (Å²) in [5.74, 6) is 2.20. The molecule has 5 rings (SSSR count). The van der Waals surface area contributed by atoms with Gasteiger partial charge in [0.15, 0.2) is 16.6 Å². The fraction of sp³-hybridized carbons (Fsp3) is 0.286. The maximum atomic E-state index is 5.76. The number of rotatable bonds is 4. The van der Waals surface area contributed by atoms with Gasteiger partial charge in [-0.25, -0.2) is 4.98 Å². The molecule has 3 heterocycles. The van der Waals surface area contributed by atoms with Gasteiger partial charge in [-0.3, -0.25) is 4.90 Å². The standard InChI is InChI=1S/C21H21N3O3S/c1-24-9-8-14-10-16-18(27-12-26-16)19(25-2)17(14)20(24)23-21-22-15(11-28-21)13-6-4-3-5-7-13/h3-7,10-11,20H,8-9,12H2,1-2H3,(H,22,23). The first-order chi connectivity index (χ1) is 13.7. The van der Waals surface area contributed by atoms with Crippen molar-refractivity contribution in [2.45, 2.75) is 12.6 Å². The van der Waals surface area contributed by atoms with Crippen LogP contribution in [0.3, 0.4) is 0 Å². The highest BCUT2D eigenvalue weighted by atomic mass is 32.1. The third kappa shape index (κ3) is 2.87. The van der Waals surface area contributed by atoms with Crippen LogP contribution in [0.5, 0.6) is 17.2 Å². The Morgan fingerprint density at radius 3 is 2.93 bits per heavy atom. The molecule has 0 spiro atoms. The normalized spacial score (nSPS) is 18.0. The van der Waals surface area contributed by atoms with Crippen LogP contribution in [0.1, 0.15) is 17.3 Å². The van der Waals surface area contributed by atoms with E-state index in [1.54, 1.807) is 18.4 Å². The van der Waals surface area contributed by atoms with Gasteiger partial charge in [-0.15, -0.1) is 11.3 Å². The highest BCUT2D eigenvalue weighted by Gasteiger charge is 2.34. The lowest BCUT2D eigenvalue weighted by Crippen LogP contribution is -2.37. The number of aromatic nitrogens is 1. The molecule has 0 radical (unpaired) electrons. The van der Waals surface area contributed by atoms with Crippen molar-refractivity contribution in [3.05, 3.63) is 52.9 Å². The molecule has 0 bridgehead atoms. The summed E-state index contributed by atoms with van der Waals surface area (Å²) in [5, 5.41) is 6.56. The Bertz CT molecular complexity index is 1010. The van der Waals surface area contributed by atoms with Crippen LogP contribution in [-0.4, -0.2) is 37.4 Å². The van der Waals surface area contributed by atoms with Crippen molar-refractivity contribution in [3.63, 3.8) is 0 Å². The summed E-state index contributed by atoms with van der Waals surface area (Å²) in [7, 11) is 3.79. The quantitative estimate of drug-likeness (QED) is 0.716. The number of thiazole rings is 1. The summed E-state index contributed by atoms with van der Waals surface area (Å²) < 4.78 is 17.0. The maximum absolute atomic E-state index is 5.76. The van der Waals surface area contributed by atoms with E-state index < -0.39 is 0 Å². The molecular weight excluding hydrogens is 374 g/mol. The lowest BCUT2D eigenvalue weighted by molar-refractivity contribution is 0.170. The van der Waals surface area contributed by atoms with Crippen molar-refractivity contribution in [1.82, 2.24) is 9.88 Å². The van der Waals surface area contributed by atoms with Crippen LogP contribution >= 0.6 is 11.3 Å². The van der Waals surface area contributed by atoms with Gasteiger partial charge in [0.25, 0.3) is 0 Å². The van der Waals surface area contributed by atoms with Crippen molar-refractivity contribution >= 4 is 16.5 Å². The number of nitrogens with one attached hydrogen (secondary N) is 1. The van der Waals surface area contributed by atoms with Crippen LogP contribution < -0.4 is 19.5 Å². The van der Waals surface area contributed by atoms with Crippen molar-refractivity contribution in [1.29, 1.82) is 0 Å². The second-order valence-corrected chi connectivity index (χ2v) is 7.76. The molecule has 0 amide bonds. The Morgan fingerprint density at radius 1 is 1.25 bits per heavy atom. The minimum Gasteiger partial charge on any atom is -0.492 e. The molecular formula is C21H21N3O3S. The first-order valence-electron chi connectivity index (χ1n) is 9.21. The van der Waals surface area contributed by atoms with E-state index >= 15 is 0 Å². The maximum Gasteiger partial charge on any atom is 0.231 e. The fourth-order valence-corrected chi connectivity index (χ4v) is 4.56. The van der Waals surface area contributed by atoms with Gasteiger partial charge in [0.05, 0.1) is 12.8 Å². The number of fused-ring (bicyclic) bond motifs is 2. The predicted octanol–water partition coefficient (Wildman–Crippen LogP) is 4.15. The summed E-state index contributed by atoms with van der Waals surface area (Å²) in [6, 6.07) is 12.3. The van der Waals surface area contributed by atoms with Gasteiger partial charge in [0, 0.05) is 23.1 Å². The molecule has 1 atom stereocenters. The highest BCUT2D eigenvalue weighted by molar-refractivity contribution is 7.14. The van der Waals surface area contributed by atoms with Gasteiger partial charge in [-0.05, 0) is 25.1 Å². The molecule has 0 saturated heterocycles. The second-order valence-electron chi connectivity index (χ2n) is 6.90. The van der Waals surface area contributed by atoms with Crippen molar-refractivity contribution < 1.29 is 14.2 Å². The van der Waals surface area contributed by atoms with E-state index in [9.17, 15) is 0 Å². The second kappa shape index (κ2) is 7.00. The monoisotopic (exact) mass is 395 g/mol. The molecule has 2 aliphatic heterocycles. The summed E-state index contributed by atoms with van der Waals surface area (Å²) in [5.41, 5.74) is 4.41. The van der Waals surface area contributed by atoms with Gasteiger partial charge >= 0.3 is 0 Å². The molecule has 7 heteroatoms. The summed E-state index contributed by atoms with van der Waals surface area (Å²) in [6.45, 7) is 1.17. The van der Waals surface area contributed by atoms with Crippen LogP contribution in [0.15, 0.2) is 41.8 Å². The molecule has 2 aromatic carbocycles.